The van der Waals surface area contributed by atoms with Crippen LogP contribution in [0.2, 0.25) is 0 Å². The summed E-state index contributed by atoms with van der Waals surface area (Å²) in [6, 6.07) is 18.3. The van der Waals surface area contributed by atoms with E-state index in [1.54, 1.807) is 6.07 Å². The molecule has 0 radical (unpaired) electrons. The van der Waals surface area contributed by atoms with Gasteiger partial charge in [-0.1, -0.05) is 55.3 Å². The zero-order chi connectivity index (χ0) is 17.6. The minimum Gasteiger partial charge on any atom is -0.508 e. The van der Waals surface area contributed by atoms with Crippen molar-refractivity contribution in [2.45, 2.75) is 44.4 Å². The lowest BCUT2D eigenvalue weighted by atomic mass is 9.78. The summed E-state index contributed by atoms with van der Waals surface area (Å²) in [5, 5.41) is 9.91. The Morgan fingerprint density at radius 2 is 1.80 bits per heavy atom. The molecule has 2 aromatic rings. The summed E-state index contributed by atoms with van der Waals surface area (Å²) in [5.41, 5.74) is 2.40. The Hall–Kier alpha value is -1.84. The molecule has 0 spiro atoms. The molecule has 3 heteroatoms. The maximum Gasteiger partial charge on any atom is 0.115 e. The van der Waals surface area contributed by atoms with Crippen LogP contribution in [0.3, 0.4) is 0 Å². The molecule has 0 amide bonds. The molecular weight excluding hydrogens is 310 g/mol. The number of rotatable bonds is 6. The van der Waals surface area contributed by atoms with Crippen LogP contribution in [-0.4, -0.2) is 30.2 Å². The van der Waals surface area contributed by atoms with E-state index in [2.05, 4.69) is 49.3 Å². The summed E-state index contributed by atoms with van der Waals surface area (Å²) in [5.74, 6) is 0.774. The van der Waals surface area contributed by atoms with Crippen molar-refractivity contribution in [3.05, 3.63) is 65.7 Å². The normalized spacial score (nSPS) is 22.0. The second-order valence-electron chi connectivity index (χ2n) is 7.29. The van der Waals surface area contributed by atoms with Gasteiger partial charge in [0.15, 0.2) is 0 Å². The molecule has 1 aliphatic carbocycles. The summed E-state index contributed by atoms with van der Waals surface area (Å²) in [6.45, 7) is 0.669. The molecule has 0 aromatic heterocycles. The van der Waals surface area contributed by atoms with Crippen molar-refractivity contribution >= 4 is 0 Å². The van der Waals surface area contributed by atoms with Gasteiger partial charge >= 0.3 is 0 Å². The minimum absolute atomic E-state index is 0.253. The molecule has 0 heterocycles. The fourth-order valence-corrected chi connectivity index (χ4v) is 4.11. The van der Waals surface area contributed by atoms with Crippen molar-refractivity contribution in [3.63, 3.8) is 0 Å². The highest BCUT2D eigenvalue weighted by atomic mass is 16.5. The zero-order valence-corrected chi connectivity index (χ0v) is 15.3. The van der Waals surface area contributed by atoms with Gasteiger partial charge in [0.2, 0.25) is 0 Å². The van der Waals surface area contributed by atoms with Crippen LogP contribution in [0.5, 0.6) is 5.75 Å². The quantitative estimate of drug-likeness (QED) is 0.823. The number of benzene rings is 2. The minimum atomic E-state index is 0.253. The second-order valence-corrected chi connectivity index (χ2v) is 7.29. The molecule has 134 valence electrons. The van der Waals surface area contributed by atoms with Crippen molar-refractivity contribution < 1.29 is 9.84 Å². The first-order valence-electron chi connectivity index (χ1n) is 9.26. The van der Waals surface area contributed by atoms with Crippen LogP contribution in [0.4, 0.5) is 0 Å². The van der Waals surface area contributed by atoms with Gasteiger partial charge in [-0.05, 0) is 50.2 Å². The Morgan fingerprint density at radius 1 is 1.04 bits per heavy atom. The smallest absolute Gasteiger partial charge is 0.115 e. The summed E-state index contributed by atoms with van der Waals surface area (Å²) in [7, 11) is 4.25. The molecule has 3 atom stereocenters. The first kappa shape index (κ1) is 18.0. The van der Waals surface area contributed by atoms with Gasteiger partial charge in [-0.3, -0.25) is 0 Å². The van der Waals surface area contributed by atoms with E-state index in [-0.39, 0.29) is 12.1 Å². The summed E-state index contributed by atoms with van der Waals surface area (Å²) >= 11 is 0. The highest BCUT2D eigenvalue weighted by molar-refractivity contribution is 5.30. The number of hydrogen-bond acceptors (Lipinski definition) is 3. The molecule has 0 saturated heterocycles. The largest absolute Gasteiger partial charge is 0.508 e. The Morgan fingerprint density at radius 3 is 2.52 bits per heavy atom. The van der Waals surface area contributed by atoms with E-state index in [0.29, 0.717) is 18.3 Å². The third-order valence-electron chi connectivity index (χ3n) is 5.23. The zero-order valence-electron chi connectivity index (χ0n) is 15.3. The van der Waals surface area contributed by atoms with Gasteiger partial charge in [-0.2, -0.15) is 0 Å². The van der Waals surface area contributed by atoms with E-state index in [1.807, 2.05) is 18.2 Å². The molecule has 1 fully saturated rings. The second kappa shape index (κ2) is 8.50. The first-order chi connectivity index (χ1) is 12.1. The first-order valence-corrected chi connectivity index (χ1v) is 9.26. The van der Waals surface area contributed by atoms with Gasteiger partial charge in [0.05, 0.1) is 12.7 Å². The number of phenols is 1. The van der Waals surface area contributed by atoms with Crippen LogP contribution in [0.1, 0.15) is 42.9 Å². The number of hydrogen-bond donors (Lipinski definition) is 1. The Labute approximate surface area is 151 Å². The van der Waals surface area contributed by atoms with E-state index in [9.17, 15) is 5.11 Å². The molecular formula is C22H29NO2. The molecule has 1 N–H and O–H groups in total. The summed E-state index contributed by atoms with van der Waals surface area (Å²) in [4.78, 5) is 2.27. The molecule has 3 rings (SSSR count). The lowest BCUT2D eigenvalue weighted by Crippen LogP contribution is -2.38. The Balaban J connectivity index is 1.77. The highest BCUT2D eigenvalue weighted by Gasteiger charge is 2.34. The lowest BCUT2D eigenvalue weighted by molar-refractivity contribution is -0.0464. The predicted octanol–water partition coefficient (Wildman–Crippen LogP) is 4.77. The maximum absolute atomic E-state index is 9.91. The van der Waals surface area contributed by atoms with Crippen LogP contribution >= 0.6 is 0 Å². The predicted molar refractivity (Wildman–Crippen MR) is 102 cm³/mol. The van der Waals surface area contributed by atoms with Crippen LogP contribution in [0.25, 0.3) is 0 Å². The van der Waals surface area contributed by atoms with Gasteiger partial charge in [0.1, 0.15) is 5.75 Å². The van der Waals surface area contributed by atoms with Crippen LogP contribution in [0, 0.1) is 5.92 Å². The molecule has 0 aliphatic heterocycles. The van der Waals surface area contributed by atoms with Crippen molar-refractivity contribution in [1.29, 1.82) is 0 Å². The molecule has 0 bridgehead atoms. The number of nitrogens with zero attached hydrogens (tertiary/aromatic N) is 1. The molecule has 3 unspecified atom stereocenters. The fourth-order valence-electron chi connectivity index (χ4n) is 4.11. The number of aromatic hydroxyl groups is 1. The molecule has 25 heavy (non-hydrogen) atoms. The van der Waals surface area contributed by atoms with Crippen molar-refractivity contribution in [3.8, 4) is 5.75 Å². The van der Waals surface area contributed by atoms with E-state index in [1.165, 1.54) is 24.0 Å². The summed E-state index contributed by atoms with van der Waals surface area (Å²) in [6.07, 6.45) is 5.01. The standard InChI is InChI=1S/C22H29NO2/c1-23(2)22(18-11-8-12-19(24)15-18)20-13-6-7-14-21(20)25-16-17-9-4-3-5-10-17/h3-5,8-12,15,20-22,24H,6-7,13-14,16H2,1-2H3. The van der Waals surface area contributed by atoms with Gasteiger partial charge in [0, 0.05) is 12.0 Å². The average molecular weight is 339 g/mol. The SMILES string of the molecule is CN(C)C(c1cccc(O)c1)C1CCCCC1OCc1ccccc1. The van der Waals surface area contributed by atoms with Crippen LogP contribution in [-0.2, 0) is 11.3 Å². The Kier molecular flexibility index (Phi) is 6.11. The third kappa shape index (κ3) is 4.62. The van der Waals surface area contributed by atoms with E-state index in [4.69, 9.17) is 4.74 Å². The average Bonchev–Trinajstić information content (AvgIpc) is 2.62. The molecule has 1 aliphatic rings. The van der Waals surface area contributed by atoms with E-state index < -0.39 is 0 Å². The maximum atomic E-state index is 9.91. The fraction of sp³-hybridized carbons (Fsp3) is 0.455. The van der Waals surface area contributed by atoms with Gasteiger partial charge in [-0.15, -0.1) is 0 Å². The van der Waals surface area contributed by atoms with Gasteiger partial charge < -0.3 is 14.7 Å². The molecule has 3 nitrogen and oxygen atoms in total. The molecule has 1 saturated carbocycles. The topological polar surface area (TPSA) is 32.7 Å². The Bertz CT molecular complexity index is 656. The molecule has 2 aromatic carbocycles. The monoisotopic (exact) mass is 339 g/mol. The number of ether oxygens (including phenoxy) is 1. The van der Waals surface area contributed by atoms with E-state index in [0.717, 1.165) is 12.8 Å². The van der Waals surface area contributed by atoms with Crippen molar-refractivity contribution in [2.24, 2.45) is 5.92 Å². The van der Waals surface area contributed by atoms with Crippen molar-refractivity contribution in [1.82, 2.24) is 4.90 Å². The lowest BCUT2D eigenvalue weighted by Gasteiger charge is -2.40. The van der Waals surface area contributed by atoms with Crippen LogP contribution in [0.15, 0.2) is 54.6 Å². The van der Waals surface area contributed by atoms with Crippen molar-refractivity contribution in [2.75, 3.05) is 14.1 Å². The van der Waals surface area contributed by atoms with Crippen LogP contribution < -0.4 is 0 Å². The third-order valence-corrected chi connectivity index (χ3v) is 5.23. The summed E-state index contributed by atoms with van der Waals surface area (Å²) < 4.78 is 6.38. The van der Waals surface area contributed by atoms with E-state index >= 15 is 0 Å². The van der Waals surface area contributed by atoms with Gasteiger partial charge in [0.25, 0.3) is 0 Å². The highest BCUT2D eigenvalue weighted by Crippen LogP contribution is 2.39. The number of phenolic OH excluding ortho intramolecular Hbond substituents is 1. The van der Waals surface area contributed by atoms with Gasteiger partial charge in [-0.25, -0.2) is 0 Å².